The van der Waals surface area contributed by atoms with Crippen molar-refractivity contribution in [1.29, 1.82) is 0 Å². The molecule has 186 valence electrons. The van der Waals surface area contributed by atoms with Gasteiger partial charge in [0.2, 0.25) is 0 Å². The maximum atomic E-state index is 5.64. The molecule has 0 spiro atoms. The Labute approximate surface area is 210 Å². The van der Waals surface area contributed by atoms with Crippen LogP contribution in [0.25, 0.3) is 0 Å². The van der Waals surface area contributed by atoms with Crippen molar-refractivity contribution in [1.82, 2.24) is 10.3 Å². The Hall–Kier alpha value is -3.02. The summed E-state index contributed by atoms with van der Waals surface area (Å²) in [5.74, 6) is 1.59. The molecule has 3 aromatic rings. The average molecular weight is 474 g/mol. The van der Waals surface area contributed by atoms with Gasteiger partial charge in [0.1, 0.15) is 0 Å². The number of nitrogens with one attached hydrogen (secondary N) is 1. The van der Waals surface area contributed by atoms with Crippen molar-refractivity contribution in [3.63, 3.8) is 0 Å². The van der Waals surface area contributed by atoms with E-state index >= 15 is 0 Å². The highest BCUT2D eigenvalue weighted by molar-refractivity contribution is 5.65. The minimum absolute atomic E-state index is 0.0545. The van der Waals surface area contributed by atoms with E-state index in [1.165, 1.54) is 16.8 Å². The van der Waals surface area contributed by atoms with Crippen LogP contribution in [0.5, 0.6) is 11.5 Å². The summed E-state index contributed by atoms with van der Waals surface area (Å²) in [4.78, 5) is 2.53. The molecule has 0 bridgehead atoms. The molecule has 0 fully saturated rings. The minimum Gasteiger partial charge on any atom is -0.493 e. The summed E-state index contributed by atoms with van der Waals surface area (Å²) in [5.41, 5.74) is 8.89. The monoisotopic (exact) mass is 473 g/mol. The molecule has 35 heavy (non-hydrogen) atoms. The third kappa shape index (κ3) is 5.16. The number of methoxy groups -OCH3 is 2. The molecule has 0 radical (unpaired) electrons. The van der Waals surface area contributed by atoms with E-state index < -0.39 is 0 Å². The van der Waals surface area contributed by atoms with E-state index in [4.69, 9.17) is 9.47 Å². The summed E-state index contributed by atoms with van der Waals surface area (Å²) in [7, 11) is 3.39. The van der Waals surface area contributed by atoms with Gasteiger partial charge in [-0.15, -0.1) is 0 Å². The van der Waals surface area contributed by atoms with Crippen LogP contribution in [-0.2, 0) is 11.8 Å². The summed E-state index contributed by atoms with van der Waals surface area (Å²) in [5, 5.41) is 2.36. The molecule has 0 saturated carbocycles. The van der Waals surface area contributed by atoms with Crippen molar-refractivity contribution in [3.8, 4) is 11.5 Å². The van der Waals surface area contributed by atoms with Crippen LogP contribution in [0.2, 0.25) is 0 Å². The predicted octanol–water partition coefficient (Wildman–Crippen LogP) is 5.29. The zero-order chi connectivity index (χ0) is 24.7. The van der Waals surface area contributed by atoms with Crippen molar-refractivity contribution >= 4 is 5.69 Å². The third-order valence-corrected chi connectivity index (χ3v) is 7.40. The Bertz CT molecular complexity index is 1080. The summed E-state index contributed by atoms with van der Waals surface area (Å²) >= 11 is 0. The van der Waals surface area contributed by atoms with Crippen molar-refractivity contribution in [2.24, 2.45) is 0 Å². The van der Waals surface area contributed by atoms with Gasteiger partial charge in [0.05, 0.1) is 19.9 Å². The molecule has 5 nitrogen and oxygen atoms in total. The van der Waals surface area contributed by atoms with Gasteiger partial charge in [-0.2, -0.15) is 0 Å². The van der Waals surface area contributed by atoms with E-state index in [1.54, 1.807) is 14.2 Å². The molecule has 1 atom stereocenters. The minimum atomic E-state index is -0.0545. The largest absolute Gasteiger partial charge is 0.493 e. The highest BCUT2D eigenvalue weighted by atomic mass is 16.5. The number of fused-ring (bicyclic) bond motifs is 1. The lowest BCUT2D eigenvalue weighted by Crippen LogP contribution is -2.44. The third-order valence-electron chi connectivity index (χ3n) is 7.40. The molecular weight excluding hydrogens is 434 g/mol. The van der Waals surface area contributed by atoms with Crippen LogP contribution in [0.3, 0.4) is 0 Å². The zero-order valence-electron chi connectivity index (χ0n) is 21.6. The normalized spacial score (nSPS) is 17.0. The molecule has 1 N–H and O–H groups in total. The number of para-hydroxylation sites is 2. The van der Waals surface area contributed by atoms with Crippen LogP contribution in [0.4, 0.5) is 5.69 Å². The van der Waals surface area contributed by atoms with Crippen molar-refractivity contribution < 1.29 is 9.47 Å². The Kier molecular flexibility index (Phi) is 8.32. The highest BCUT2D eigenvalue weighted by Gasteiger charge is 2.43. The highest BCUT2D eigenvalue weighted by Crippen LogP contribution is 2.46. The van der Waals surface area contributed by atoms with E-state index in [-0.39, 0.29) is 5.41 Å². The van der Waals surface area contributed by atoms with E-state index in [1.807, 2.05) is 12.1 Å². The first kappa shape index (κ1) is 25.1. The molecule has 1 aliphatic rings. The van der Waals surface area contributed by atoms with Crippen LogP contribution in [-0.4, -0.2) is 51.8 Å². The second kappa shape index (κ2) is 11.6. The predicted molar refractivity (Wildman–Crippen MR) is 145 cm³/mol. The molecule has 4 rings (SSSR count). The van der Waals surface area contributed by atoms with Crippen LogP contribution in [0, 0.1) is 0 Å². The summed E-state index contributed by atoms with van der Waals surface area (Å²) in [6, 6.07) is 26.0. The standard InChI is InChI=1S/C30H39N3O2/c1-5-32(6-2)22-20-30(25-14-8-7-9-15-25)23-33(27-17-11-10-16-26(27)30)31-21-19-24-13-12-18-28(34-3)29(24)35-4/h7-18,31H,5-6,19-23H2,1-4H3. The van der Waals surface area contributed by atoms with Crippen molar-refractivity contribution in [3.05, 3.63) is 89.5 Å². The van der Waals surface area contributed by atoms with Gasteiger partial charge in [-0.3, -0.25) is 0 Å². The Morgan fingerprint density at radius 2 is 1.63 bits per heavy atom. The van der Waals surface area contributed by atoms with Gasteiger partial charge in [0, 0.05) is 18.5 Å². The first-order valence-corrected chi connectivity index (χ1v) is 12.7. The van der Waals surface area contributed by atoms with E-state index in [2.05, 4.69) is 89.8 Å². The SMILES string of the molecule is CCN(CC)CCC1(c2ccccc2)CN(NCCc2cccc(OC)c2OC)c2ccccc21. The fourth-order valence-electron chi connectivity index (χ4n) is 5.42. The first-order valence-electron chi connectivity index (χ1n) is 12.7. The van der Waals surface area contributed by atoms with Gasteiger partial charge in [-0.25, -0.2) is 5.43 Å². The quantitative estimate of drug-likeness (QED) is 0.387. The average Bonchev–Trinajstić information content (AvgIpc) is 3.24. The maximum absolute atomic E-state index is 5.64. The number of anilines is 1. The molecule has 1 heterocycles. The molecule has 0 aromatic heterocycles. The lowest BCUT2D eigenvalue weighted by molar-refractivity contribution is 0.274. The van der Waals surface area contributed by atoms with Gasteiger partial charge in [0.15, 0.2) is 11.5 Å². The summed E-state index contributed by atoms with van der Waals surface area (Å²) < 4.78 is 11.1. The van der Waals surface area contributed by atoms with E-state index in [0.717, 1.165) is 62.6 Å². The molecule has 1 aliphatic heterocycles. The molecule has 0 aliphatic carbocycles. The zero-order valence-corrected chi connectivity index (χ0v) is 21.6. The van der Waals surface area contributed by atoms with Crippen LogP contribution in [0.15, 0.2) is 72.8 Å². The molecular formula is C30H39N3O2. The molecule has 0 saturated heterocycles. The van der Waals surface area contributed by atoms with E-state index in [9.17, 15) is 0 Å². The Balaban J connectivity index is 1.59. The summed E-state index contributed by atoms with van der Waals surface area (Å²) in [6.07, 6.45) is 1.93. The number of hydrogen-bond donors (Lipinski definition) is 1. The van der Waals surface area contributed by atoms with Gasteiger partial charge in [0.25, 0.3) is 0 Å². The smallest absolute Gasteiger partial charge is 0.163 e. The van der Waals surface area contributed by atoms with Gasteiger partial charge in [-0.1, -0.05) is 74.5 Å². The second-order valence-electron chi connectivity index (χ2n) is 9.14. The topological polar surface area (TPSA) is 37.0 Å². The molecule has 5 heteroatoms. The number of rotatable bonds is 12. The maximum Gasteiger partial charge on any atom is 0.163 e. The Morgan fingerprint density at radius 1 is 0.886 bits per heavy atom. The van der Waals surface area contributed by atoms with Crippen LogP contribution >= 0.6 is 0 Å². The molecule has 3 aromatic carbocycles. The fraction of sp³-hybridized carbons (Fsp3) is 0.400. The lowest BCUT2D eigenvalue weighted by atomic mass is 9.73. The van der Waals surface area contributed by atoms with Crippen LogP contribution < -0.4 is 19.9 Å². The van der Waals surface area contributed by atoms with Gasteiger partial charge >= 0.3 is 0 Å². The van der Waals surface area contributed by atoms with Crippen LogP contribution in [0.1, 0.15) is 37.0 Å². The molecule has 0 amide bonds. The lowest BCUT2D eigenvalue weighted by Gasteiger charge is -2.34. The van der Waals surface area contributed by atoms with Crippen molar-refractivity contribution in [2.75, 3.05) is 52.0 Å². The Morgan fingerprint density at radius 3 is 2.34 bits per heavy atom. The van der Waals surface area contributed by atoms with Gasteiger partial charge in [-0.05, 0) is 61.3 Å². The second-order valence-corrected chi connectivity index (χ2v) is 9.14. The fourth-order valence-corrected chi connectivity index (χ4v) is 5.42. The first-order chi connectivity index (χ1) is 17.2. The number of ether oxygens (including phenoxy) is 2. The number of benzene rings is 3. The van der Waals surface area contributed by atoms with Crippen molar-refractivity contribution in [2.45, 2.75) is 32.1 Å². The molecule has 1 unspecified atom stereocenters. The number of hydrazine groups is 1. The number of nitrogens with zero attached hydrogens (tertiary/aromatic N) is 2. The van der Waals surface area contributed by atoms with Gasteiger partial charge < -0.3 is 19.4 Å². The summed E-state index contributed by atoms with van der Waals surface area (Å²) in [6.45, 7) is 9.45. The van der Waals surface area contributed by atoms with E-state index in [0.29, 0.717) is 0 Å². The number of hydrogen-bond acceptors (Lipinski definition) is 5.